The quantitative estimate of drug-likeness (QED) is 0.843. The molecule has 0 bridgehead atoms. The van der Waals surface area contributed by atoms with E-state index in [1.165, 1.54) is 0 Å². The standard InChI is InChI=1S/C14H21NO2/c1-17-14-5-3-2-4-13(14)15-10-11-6-8-12(16)9-7-11/h2-5,11-12,15-16H,6-10H2,1H3. The topological polar surface area (TPSA) is 41.5 Å². The summed E-state index contributed by atoms with van der Waals surface area (Å²) in [5.74, 6) is 1.56. The normalized spacial score (nSPS) is 24.4. The minimum Gasteiger partial charge on any atom is -0.495 e. The number of anilines is 1. The largest absolute Gasteiger partial charge is 0.495 e. The van der Waals surface area contributed by atoms with E-state index in [0.29, 0.717) is 5.92 Å². The van der Waals surface area contributed by atoms with Gasteiger partial charge in [0.05, 0.1) is 18.9 Å². The number of nitrogens with one attached hydrogen (secondary N) is 1. The van der Waals surface area contributed by atoms with Crippen molar-refractivity contribution in [2.75, 3.05) is 19.0 Å². The smallest absolute Gasteiger partial charge is 0.141 e. The van der Waals surface area contributed by atoms with Gasteiger partial charge in [0, 0.05) is 6.54 Å². The lowest BCUT2D eigenvalue weighted by Gasteiger charge is -2.26. The molecule has 0 aliphatic heterocycles. The third-order valence-electron chi connectivity index (χ3n) is 3.50. The summed E-state index contributed by atoms with van der Waals surface area (Å²) in [5.41, 5.74) is 1.06. The summed E-state index contributed by atoms with van der Waals surface area (Å²) in [4.78, 5) is 0. The van der Waals surface area contributed by atoms with E-state index < -0.39 is 0 Å². The Balaban J connectivity index is 1.85. The van der Waals surface area contributed by atoms with Gasteiger partial charge in [0.25, 0.3) is 0 Å². The highest BCUT2D eigenvalue weighted by molar-refractivity contribution is 5.56. The van der Waals surface area contributed by atoms with Crippen LogP contribution in [0.4, 0.5) is 5.69 Å². The fraction of sp³-hybridized carbons (Fsp3) is 0.571. The highest BCUT2D eigenvalue weighted by atomic mass is 16.5. The van der Waals surface area contributed by atoms with E-state index in [4.69, 9.17) is 4.74 Å². The van der Waals surface area contributed by atoms with Gasteiger partial charge in [0.15, 0.2) is 0 Å². The minimum atomic E-state index is -0.0717. The fourth-order valence-electron chi connectivity index (χ4n) is 2.39. The second-order valence-corrected chi connectivity index (χ2v) is 4.76. The number of para-hydroxylation sites is 2. The maximum absolute atomic E-state index is 9.45. The fourth-order valence-corrected chi connectivity index (χ4v) is 2.39. The molecular weight excluding hydrogens is 214 g/mol. The van der Waals surface area contributed by atoms with Gasteiger partial charge in [-0.05, 0) is 43.7 Å². The van der Waals surface area contributed by atoms with Crippen molar-refractivity contribution in [2.24, 2.45) is 5.92 Å². The number of methoxy groups -OCH3 is 1. The maximum Gasteiger partial charge on any atom is 0.141 e. The molecular formula is C14H21NO2. The molecule has 1 aromatic rings. The van der Waals surface area contributed by atoms with Crippen molar-refractivity contribution < 1.29 is 9.84 Å². The Labute approximate surface area is 103 Å². The number of rotatable bonds is 4. The van der Waals surface area contributed by atoms with Crippen LogP contribution in [0.2, 0.25) is 0 Å². The lowest BCUT2D eigenvalue weighted by molar-refractivity contribution is 0.111. The minimum absolute atomic E-state index is 0.0717. The van der Waals surface area contributed by atoms with Crippen LogP contribution in [0.15, 0.2) is 24.3 Å². The first-order valence-corrected chi connectivity index (χ1v) is 6.34. The van der Waals surface area contributed by atoms with Gasteiger partial charge < -0.3 is 15.2 Å². The van der Waals surface area contributed by atoms with Gasteiger partial charge in [0.2, 0.25) is 0 Å². The van der Waals surface area contributed by atoms with Gasteiger partial charge in [-0.25, -0.2) is 0 Å². The van der Waals surface area contributed by atoms with E-state index in [1.54, 1.807) is 7.11 Å². The molecule has 1 saturated carbocycles. The summed E-state index contributed by atoms with van der Waals surface area (Å²) in [5, 5.41) is 12.9. The molecule has 0 amide bonds. The second kappa shape index (κ2) is 5.92. The van der Waals surface area contributed by atoms with Crippen LogP contribution in [-0.4, -0.2) is 24.9 Å². The molecule has 1 aromatic carbocycles. The van der Waals surface area contributed by atoms with Gasteiger partial charge in [-0.15, -0.1) is 0 Å². The van der Waals surface area contributed by atoms with Crippen molar-refractivity contribution in [3.8, 4) is 5.75 Å². The summed E-state index contributed by atoms with van der Waals surface area (Å²) < 4.78 is 5.30. The van der Waals surface area contributed by atoms with Crippen LogP contribution in [0.1, 0.15) is 25.7 Å². The number of benzene rings is 1. The van der Waals surface area contributed by atoms with Gasteiger partial charge >= 0.3 is 0 Å². The zero-order valence-corrected chi connectivity index (χ0v) is 10.4. The molecule has 0 heterocycles. The first-order chi connectivity index (χ1) is 8.29. The Morgan fingerprint density at radius 1 is 1.24 bits per heavy atom. The molecule has 0 spiro atoms. The number of hydrogen-bond acceptors (Lipinski definition) is 3. The Bertz CT molecular complexity index is 346. The molecule has 0 aromatic heterocycles. The molecule has 3 heteroatoms. The van der Waals surface area contributed by atoms with E-state index in [2.05, 4.69) is 5.32 Å². The molecule has 3 nitrogen and oxygen atoms in total. The van der Waals surface area contributed by atoms with Crippen molar-refractivity contribution in [1.29, 1.82) is 0 Å². The lowest BCUT2D eigenvalue weighted by Crippen LogP contribution is -2.23. The number of aliphatic hydroxyl groups excluding tert-OH is 1. The van der Waals surface area contributed by atoms with Crippen LogP contribution in [0, 0.1) is 5.92 Å². The van der Waals surface area contributed by atoms with Crippen LogP contribution in [0.5, 0.6) is 5.75 Å². The Hall–Kier alpha value is -1.22. The van der Waals surface area contributed by atoms with Crippen LogP contribution < -0.4 is 10.1 Å². The number of aliphatic hydroxyl groups is 1. The summed E-state index contributed by atoms with van der Waals surface area (Å²) >= 11 is 0. The van der Waals surface area contributed by atoms with Crippen LogP contribution in [0.3, 0.4) is 0 Å². The van der Waals surface area contributed by atoms with Gasteiger partial charge in [0.1, 0.15) is 5.75 Å². The summed E-state index contributed by atoms with van der Waals surface area (Å²) in [7, 11) is 1.69. The molecule has 1 aliphatic carbocycles. The Morgan fingerprint density at radius 2 is 1.94 bits per heavy atom. The lowest BCUT2D eigenvalue weighted by atomic mass is 9.87. The third-order valence-corrected chi connectivity index (χ3v) is 3.50. The SMILES string of the molecule is COc1ccccc1NCC1CCC(O)CC1. The average Bonchev–Trinajstić information content (AvgIpc) is 2.38. The molecule has 1 aliphatic rings. The van der Waals surface area contributed by atoms with Crippen LogP contribution in [0.25, 0.3) is 0 Å². The maximum atomic E-state index is 9.45. The predicted molar refractivity (Wildman–Crippen MR) is 69.4 cm³/mol. The number of ether oxygens (including phenoxy) is 1. The van der Waals surface area contributed by atoms with E-state index in [9.17, 15) is 5.11 Å². The van der Waals surface area contributed by atoms with Crippen molar-refractivity contribution in [1.82, 2.24) is 0 Å². The van der Waals surface area contributed by atoms with Crippen molar-refractivity contribution >= 4 is 5.69 Å². The summed E-state index contributed by atoms with van der Waals surface area (Å²) in [6, 6.07) is 7.99. The molecule has 0 radical (unpaired) electrons. The van der Waals surface area contributed by atoms with E-state index in [1.807, 2.05) is 24.3 Å². The predicted octanol–water partition coefficient (Wildman–Crippen LogP) is 2.66. The zero-order valence-electron chi connectivity index (χ0n) is 10.4. The third kappa shape index (κ3) is 3.37. The van der Waals surface area contributed by atoms with Gasteiger partial charge in [-0.2, -0.15) is 0 Å². The van der Waals surface area contributed by atoms with Gasteiger partial charge in [-0.3, -0.25) is 0 Å². The molecule has 2 rings (SSSR count). The van der Waals surface area contributed by atoms with Crippen molar-refractivity contribution in [3.05, 3.63) is 24.3 Å². The van der Waals surface area contributed by atoms with Crippen molar-refractivity contribution in [3.63, 3.8) is 0 Å². The molecule has 0 unspecified atom stereocenters. The first kappa shape index (κ1) is 12.2. The Morgan fingerprint density at radius 3 is 2.65 bits per heavy atom. The monoisotopic (exact) mass is 235 g/mol. The molecule has 0 atom stereocenters. The molecule has 0 saturated heterocycles. The molecule has 1 fully saturated rings. The highest BCUT2D eigenvalue weighted by Gasteiger charge is 2.19. The van der Waals surface area contributed by atoms with E-state index in [-0.39, 0.29) is 6.10 Å². The van der Waals surface area contributed by atoms with Crippen LogP contribution in [-0.2, 0) is 0 Å². The molecule has 17 heavy (non-hydrogen) atoms. The zero-order chi connectivity index (χ0) is 12.1. The summed E-state index contributed by atoms with van der Waals surface area (Å²) in [6.45, 7) is 0.965. The van der Waals surface area contributed by atoms with E-state index in [0.717, 1.165) is 43.7 Å². The van der Waals surface area contributed by atoms with Gasteiger partial charge in [-0.1, -0.05) is 12.1 Å². The summed E-state index contributed by atoms with van der Waals surface area (Å²) in [6.07, 6.45) is 4.04. The second-order valence-electron chi connectivity index (χ2n) is 4.76. The Kier molecular flexibility index (Phi) is 4.26. The number of hydrogen-bond donors (Lipinski definition) is 2. The highest BCUT2D eigenvalue weighted by Crippen LogP contribution is 2.27. The van der Waals surface area contributed by atoms with Crippen molar-refractivity contribution in [2.45, 2.75) is 31.8 Å². The average molecular weight is 235 g/mol. The van der Waals surface area contributed by atoms with Crippen LogP contribution >= 0.6 is 0 Å². The first-order valence-electron chi connectivity index (χ1n) is 6.34. The molecule has 2 N–H and O–H groups in total. The molecule has 94 valence electrons. The van der Waals surface area contributed by atoms with E-state index >= 15 is 0 Å².